The average Bonchev–Trinajstić information content (AvgIpc) is 2.27. The molecule has 0 atom stereocenters. The Hall–Kier alpha value is -1.39. The summed E-state index contributed by atoms with van der Waals surface area (Å²) in [4.78, 5) is 31.9. The summed E-state index contributed by atoms with van der Waals surface area (Å²) in [6.07, 6.45) is 7.78. The highest BCUT2D eigenvalue weighted by molar-refractivity contribution is 6.34. The summed E-state index contributed by atoms with van der Waals surface area (Å²) in [5.74, 6) is -3.39. The number of carboxylic acid groups (broad SMARTS) is 1. The van der Waals surface area contributed by atoms with Crippen molar-refractivity contribution in [2.24, 2.45) is 0 Å². The molecule has 0 heterocycles. The summed E-state index contributed by atoms with van der Waals surface area (Å²) in [6.45, 7) is 2.16. The minimum absolute atomic E-state index is 0.215. The van der Waals surface area contributed by atoms with Gasteiger partial charge in [-0.3, -0.25) is 14.9 Å². The summed E-state index contributed by atoms with van der Waals surface area (Å²) in [7, 11) is 0. The van der Waals surface area contributed by atoms with Gasteiger partial charge >= 0.3 is 11.9 Å². The van der Waals surface area contributed by atoms with Crippen molar-refractivity contribution in [3.05, 3.63) is 0 Å². The van der Waals surface area contributed by atoms with Crippen molar-refractivity contribution in [2.75, 3.05) is 0 Å². The van der Waals surface area contributed by atoms with Crippen LogP contribution < -0.4 is 5.32 Å². The Balaban J connectivity index is 3.39. The van der Waals surface area contributed by atoms with Crippen LogP contribution >= 0.6 is 0 Å². The van der Waals surface area contributed by atoms with E-state index in [1.807, 2.05) is 5.32 Å². The molecule has 0 aliphatic rings. The smallest absolute Gasteiger partial charge is 0.394 e. The summed E-state index contributed by atoms with van der Waals surface area (Å²) in [5.41, 5.74) is 0. The summed E-state index contributed by atoms with van der Waals surface area (Å²) < 4.78 is 0. The van der Waals surface area contributed by atoms with E-state index in [1.165, 1.54) is 25.7 Å². The third kappa shape index (κ3) is 9.53. The maximum absolute atomic E-state index is 11.1. The Labute approximate surface area is 102 Å². The summed E-state index contributed by atoms with van der Waals surface area (Å²) in [6, 6.07) is 0. The zero-order valence-corrected chi connectivity index (χ0v) is 10.3. The van der Waals surface area contributed by atoms with Crippen molar-refractivity contribution >= 4 is 17.8 Å². The highest BCUT2D eigenvalue weighted by Gasteiger charge is 2.14. The zero-order chi connectivity index (χ0) is 13.1. The zero-order valence-electron chi connectivity index (χ0n) is 10.3. The molecule has 17 heavy (non-hydrogen) atoms. The van der Waals surface area contributed by atoms with Crippen molar-refractivity contribution in [1.29, 1.82) is 0 Å². The molecule has 2 amide bonds. The predicted molar refractivity (Wildman–Crippen MR) is 63.4 cm³/mol. The molecular weight excluding hydrogens is 222 g/mol. The molecule has 0 rings (SSSR count). The number of hydrogen-bond acceptors (Lipinski definition) is 3. The van der Waals surface area contributed by atoms with E-state index in [2.05, 4.69) is 6.92 Å². The number of carbonyl (C=O) groups is 3. The Morgan fingerprint density at radius 1 is 0.941 bits per heavy atom. The molecule has 0 unspecified atom stereocenters. The Bertz CT molecular complexity index is 263. The van der Waals surface area contributed by atoms with E-state index in [9.17, 15) is 14.4 Å². The molecule has 0 aromatic heterocycles. The molecule has 0 aromatic rings. The van der Waals surface area contributed by atoms with Crippen molar-refractivity contribution in [1.82, 2.24) is 5.32 Å². The van der Waals surface area contributed by atoms with Gasteiger partial charge in [0, 0.05) is 6.42 Å². The molecule has 0 aliphatic heterocycles. The van der Waals surface area contributed by atoms with Crippen LogP contribution in [0.3, 0.4) is 0 Å². The van der Waals surface area contributed by atoms with E-state index in [0.29, 0.717) is 6.42 Å². The highest BCUT2D eigenvalue weighted by atomic mass is 16.4. The second kappa shape index (κ2) is 9.81. The molecule has 5 nitrogen and oxygen atoms in total. The fourth-order valence-electron chi connectivity index (χ4n) is 1.49. The monoisotopic (exact) mass is 243 g/mol. The third-order valence-corrected chi connectivity index (χ3v) is 2.45. The molecule has 0 saturated carbocycles. The largest absolute Gasteiger partial charge is 0.474 e. The molecule has 0 aliphatic carbocycles. The second-order valence-corrected chi connectivity index (χ2v) is 4.05. The van der Waals surface area contributed by atoms with E-state index in [-0.39, 0.29) is 6.42 Å². The Morgan fingerprint density at radius 3 is 2.00 bits per heavy atom. The summed E-state index contributed by atoms with van der Waals surface area (Å²) in [5, 5.41) is 10.1. The lowest BCUT2D eigenvalue weighted by molar-refractivity contribution is -0.151. The van der Waals surface area contributed by atoms with Crippen LogP contribution in [-0.4, -0.2) is 22.9 Å². The molecular formula is C12H21NO4. The topological polar surface area (TPSA) is 83.5 Å². The van der Waals surface area contributed by atoms with Gasteiger partial charge in [-0.25, -0.2) is 4.79 Å². The number of amides is 2. The van der Waals surface area contributed by atoms with Gasteiger partial charge in [0.05, 0.1) is 0 Å². The first kappa shape index (κ1) is 15.6. The molecule has 5 heteroatoms. The number of carboxylic acids is 1. The van der Waals surface area contributed by atoms with Gasteiger partial charge < -0.3 is 5.11 Å². The van der Waals surface area contributed by atoms with Gasteiger partial charge in [0.1, 0.15) is 0 Å². The van der Waals surface area contributed by atoms with Crippen molar-refractivity contribution in [3.8, 4) is 0 Å². The first-order valence-electron chi connectivity index (χ1n) is 6.15. The third-order valence-electron chi connectivity index (χ3n) is 2.45. The molecule has 98 valence electrons. The second-order valence-electron chi connectivity index (χ2n) is 4.05. The maximum atomic E-state index is 11.1. The molecule has 0 saturated heterocycles. The van der Waals surface area contributed by atoms with Crippen LogP contribution in [0.15, 0.2) is 0 Å². The van der Waals surface area contributed by atoms with Crippen LogP contribution in [0.25, 0.3) is 0 Å². The van der Waals surface area contributed by atoms with Crippen molar-refractivity contribution in [2.45, 2.75) is 58.3 Å². The van der Waals surface area contributed by atoms with E-state index in [4.69, 9.17) is 5.11 Å². The Morgan fingerprint density at radius 2 is 1.47 bits per heavy atom. The van der Waals surface area contributed by atoms with Crippen LogP contribution in [0.5, 0.6) is 0 Å². The van der Waals surface area contributed by atoms with E-state index < -0.39 is 17.8 Å². The number of rotatable bonds is 8. The maximum Gasteiger partial charge on any atom is 0.394 e. The minimum atomic E-state index is -1.63. The number of aliphatic carboxylic acids is 1. The highest BCUT2D eigenvalue weighted by Crippen LogP contribution is 2.08. The molecule has 0 fully saturated rings. The van der Waals surface area contributed by atoms with Crippen LogP contribution in [0.4, 0.5) is 0 Å². The normalized spacial score (nSPS) is 9.94. The number of nitrogens with one attached hydrogen (secondary N) is 1. The molecule has 0 aromatic carbocycles. The van der Waals surface area contributed by atoms with Gasteiger partial charge in [-0.05, 0) is 6.42 Å². The van der Waals surface area contributed by atoms with Crippen LogP contribution in [0, 0.1) is 0 Å². The first-order valence-corrected chi connectivity index (χ1v) is 6.15. The van der Waals surface area contributed by atoms with Gasteiger partial charge in [-0.2, -0.15) is 0 Å². The lowest BCUT2D eigenvalue weighted by Gasteiger charge is -2.01. The van der Waals surface area contributed by atoms with Gasteiger partial charge in [0.2, 0.25) is 5.91 Å². The van der Waals surface area contributed by atoms with Gasteiger partial charge in [0.15, 0.2) is 0 Å². The number of carbonyl (C=O) groups excluding carboxylic acids is 2. The quantitative estimate of drug-likeness (QED) is 0.503. The minimum Gasteiger partial charge on any atom is -0.474 e. The summed E-state index contributed by atoms with van der Waals surface area (Å²) >= 11 is 0. The van der Waals surface area contributed by atoms with E-state index >= 15 is 0 Å². The van der Waals surface area contributed by atoms with Crippen LogP contribution in [-0.2, 0) is 14.4 Å². The number of imide groups is 1. The van der Waals surface area contributed by atoms with Gasteiger partial charge in [-0.1, -0.05) is 45.4 Å². The SMILES string of the molecule is CCCCCCCCCC(=O)NC(=O)C(=O)O. The average molecular weight is 243 g/mol. The fraction of sp³-hybridized carbons (Fsp3) is 0.750. The molecule has 0 bridgehead atoms. The number of unbranched alkanes of at least 4 members (excludes halogenated alkanes) is 6. The lowest BCUT2D eigenvalue weighted by Crippen LogP contribution is -2.35. The number of hydrogen-bond donors (Lipinski definition) is 2. The first-order chi connectivity index (χ1) is 8.07. The fourth-order valence-corrected chi connectivity index (χ4v) is 1.49. The standard InChI is InChI=1S/C12H21NO4/c1-2-3-4-5-6-7-8-9-10(14)13-11(15)12(16)17/h2-9H2,1H3,(H,16,17)(H,13,14,15). The van der Waals surface area contributed by atoms with Gasteiger partial charge in [0.25, 0.3) is 0 Å². The van der Waals surface area contributed by atoms with Gasteiger partial charge in [-0.15, -0.1) is 0 Å². The van der Waals surface area contributed by atoms with Crippen LogP contribution in [0.1, 0.15) is 58.3 Å². The predicted octanol–water partition coefficient (Wildman–Crippen LogP) is 1.85. The van der Waals surface area contributed by atoms with E-state index in [0.717, 1.165) is 12.8 Å². The lowest BCUT2D eigenvalue weighted by atomic mass is 10.1. The molecule has 2 N–H and O–H groups in total. The van der Waals surface area contributed by atoms with Crippen LogP contribution in [0.2, 0.25) is 0 Å². The van der Waals surface area contributed by atoms with Crippen molar-refractivity contribution < 1.29 is 19.5 Å². The molecule has 0 spiro atoms. The molecule has 0 radical (unpaired) electrons. The Kier molecular flexibility index (Phi) is 9.01. The van der Waals surface area contributed by atoms with E-state index in [1.54, 1.807) is 0 Å². The van der Waals surface area contributed by atoms with Crippen molar-refractivity contribution in [3.63, 3.8) is 0 Å².